The van der Waals surface area contributed by atoms with E-state index in [4.69, 9.17) is 4.74 Å². The second kappa shape index (κ2) is 5.65. The summed E-state index contributed by atoms with van der Waals surface area (Å²) in [6, 6.07) is 7.49. The SMILES string of the molecule is CCOC1CC(O)(CNC(=O)c2ccc3cc[nH]c3c2)C1(C)C. The van der Waals surface area contributed by atoms with Crippen LogP contribution in [-0.4, -0.2) is 40.9 Å². The molecule has 23 heavy (non-hydrogen) atoms. The van der Waals surface area contributed by atoms with E-state index < -0.39 is 5.60 Å². The van der Waals surface area contributed by atoms with Crippen LogP contribution in [0.1, 0.15) is 37.6 Å². The molecule has 5 heteroatoms. The number of aromatic nitrogens is 1. The first-order chi connectivity index (χ1) is 10.9. The summed E-state index contributed by atoms with van der Waals surface area (Å²) in [6.45, 7) is 6.77. The van der Waals surface area contributed by atoms with E-state index in [1.54, 1.807) is 6.07 Å². The number of aromatic amines is 1. The van der Waals surface area contributed by atoms with Gasteiger partial charge in [-0.05, 0) is 30.5 Å². The van der Waals surface area contributed by atoms with Crippen molar-refractivity contribution in [3.05, 3.63) is 36.0 Å². The summed E-state index contributed by atoms with van der Waals surface area (Å²) in [5, 5.41) is 14.7. The summed E-state index contributed by atoms with van der Waals surface area (Å²) in [7, 11) is 0. The zero-order valence-electron chi connectivity index (χ0n) is 13.8. The van der Waals surface area contributed by atoms with Gasteiger partial charge in [0.1, 0.15) is 0 Å². The van der Waals surface area contributed by atoms with E-state index in [0.29, 0.717) is 18.6 Å². The second-order valence-electron chi connectivity index (χ2n) is 6.86. The Balaban J connectivity index is 1.65. The molecular weight excluding hydrogens is 292 g/mol. The molecule has 1 aromatic carbocycles. The third kappa shape index (κ3) is 2.64. The van der Waals surface area contributed by atoms with E-state index in [2.05, 4.69) is 10.3 Å². The maximum atomic E-state index is 12.3. The maximum Gasteiger partial charge on any atom is 0.251 e. The fraction of sp³-hybridized carbons (Fsp3) is 0.500. The van der Waals surface area contributed by atoms with Gasteiger partial charge in [-0.15, -0.1) is 0 Å². The summed E-state index contributed by atoms with van der Waals surface area (Å²) in [5.41, 5.74) is 0.206. The molecule has 1 amide bonds. The lowest BCUT2D eigenvalue weighted by molar-refractivity contribution is -0.237. The number of carbonyl (C=O) groups is 1. The van der Waals surface area contributed by atoms with Crippen LogP contribution in [-0.2, 0) is 4.74 Å². The molecule has 124 valence electrons. The first-order valence-corrected chi connectivity index (χ1v) is 8.07. The van der Waals surface area contributed by atoms with E-state index in [0.717, 1.165) is 10.9 Å². The molecule has 1 heterocycles. The van der Waals surface area contributed by atoms with Crippen molar-refractivity contribution in [2.24, 2.45) is 5.41 Å². The number of fused-ring (bicyclic) bond motifs is 1. The van der Waals surface area contributed by atoms with Gasteiger partial charge in [0.2, 0.25) is 0 Å². The molecule has 0 spiro atoms. The molecule has 3 N–H and O–H groups in total. The minimum atomic E-state index is -0.932. The highest BCUT2D eigenvalue weighted by atomic mass is 16.5. The number of hydrogen-bond acceptors (Lipinski definition) is 3. The summed E-state index contributed by atoms with van der Waals surface area (Å²) < 4.78 is 5.64. The minimum absolute atomic E-state index is 0.0321. The third-order valence-electron chi connectivity index (χ3n) is 5.25. The lowest BCUT2D eigenvalue weighted by atomic mass is 9.56. The molecule has 0 radical (unpaired) electrons. The number of hydrogen-bond donors (Lipinski definition) is 3. The normalized spacial score (nSPS) is 26.0. The molecule has 0 aliphatic heterocycles. The molecule has 3 rings (SSSR count). The highest BCUT2D eigenvalue weighted by Gasteiger charge is 2.59. The van der Waals surface area contributed by atoms with Crippen molar-refractivity contribution < 1.29 is 14.6 Å². The van der Waals surface area contributed by atoms with Gasteiger partial charge in [-0.2, -0.15) is 0 Å². The Kier molecular flexibility index (Phi) is 3.94. The molecule has 1 saturated carbocycles. The van der Waals surface area contributed by atoms with Crippen LogP contribution < -0.4 is 5.32 Å². The van der Waals surface area contributed by atoms with Gasteiger partial charge in [0.05, 0.1) is 11.7 Å². The number of benzene rings is 1. The highest BCUT2D eigenvalue weighted by molar-refractivity contribution is 5.97. The maximum absolute atomic E-state index is 12.3. The fourth-order valence-electron chi connectivity index (χ4n) is 3.28. The Hall–Kier alpha value is -1.85. The first kappa shape index (κ1) is 16.0. The van der Waals surface area contributed by atoms with Crippen LogP contribution in [0.25, 0.3) is 10.9 Å². The topological polar surface area (TPSA) is 74.3 Å². The molecule has 1 aromatic heterocycles. The third-order valence-corrected chi connectivity index (χ3v) is 5.25. The molecule has 1 fully saturated rings. The van der Waals surface area contributed by atoms with Crippen LogP contribution in [0.15, 0.2) is 30.5 Å². The number of rotatable bonds is 5. The van der Waals surface area contributed by atoms with Crippen molar-refractivity contribution in [3.8, 4) is 0 Å². The van der Waals surface area contributed by atoms with Crippen LogP contribution in [0.5, 0.6) is 0 Å². The zero-order chi connectivity index (χ0) is 16.7. The van der Waals surface area contributed by atoms with Crippen molar-refractivity contribution >= 4 is 16.8 Å². The van der Waals surface area contributed by atoms with Gasteiger partial charge in [-0.3, -0.25) is 4.79 Å². The number of H-pyrrole nitrogens is 1. The van der Waals surface area contributed by atoms with E-state index in [1.807, 2.05) is 45.2 Å². The molecule has 0 saturated heterocycles. The van der Waals surface area contributed by atoms with Gasteiger partial charge in [-0.25, -0.2) is 0 Å². The smallest absolute Gasteiger partial charge is 0.251 e. The van der Waals surface area contributed by atoms with E-state index in [1.165, 1.54) is 0 Å². The van der Waals surface area contributed by atoms with Crippen LogP contribution >= 0.6 is 0 Å². The second-order valence-corrected chi connectivity index (χ2v) is 6.86. The van der Waals surface area contributed by atoms with Crippen LogP contribution in [0.2, 0.25) is 0 Å². The van der Waals surface area contributed by atoms with Gasteiger partial charge >= 0.3 is 0 Å². The molecule has 2 unspecified atom stereocenters. The van der Waals surface area contributed by atoms with Crippen molar-refractivity contribution in [1.29, 1.82) is 0 Å². The van der Waals surface area contributed by atoms with Crippen molar-refractivity contribution in [1.82, 2.24) is 10.3 Å². The predicted molar refractivity (Wildman–Crippen MR) is 89.4 cm³/mol. The minimum Gasteiger partial charge on any atom is -0.387 e. The zero-order valence-corrected chi connectivity index (χ0v) is 13.8. The van der Waals surface area contributed by atoms with E-state index >= 15 is 0 Å². The van der Waals surface area contributed by atoms with Gasteiger partial charge in [0.25, 0.3) is 5.91 Å². The van der Waals surface area contributed by atoms with Crippen molar-refractivity contribution in [2.75, 3.05) is 13.2 Å². The van der Waals surface area contributed by atoms with Crippen LogP contribution in [0, 0.1) is 5.41 Å². The Labute approximate surface area is 136 Å². The number of carbonyl (C=O) groups excluding carboxylic acids is 1. The van der Waals surface area contributed by atoms with Crippen molar-refractivity contribution in [3.63, 3.8) is 0 Å². The van der Waals surface area contributed by atoms with Crippen LogP contribution in [0.4, 0.5) is 0 Å². The number of amides is 1. The Morgan fingerprint density at radius 3 is 2.91 bits per heavy atom. The Morgan fingerprint density at radius 1 is 1.43 bits per heavy atom. The standard InChI is InChI=1S/C18H24N2O3/c1-4-23-15-10-18(22,17(15,2)3)11-20-16(21)13-6-5-12-7-8-19-14(12)9-13/h5-9,15,19,22H,4,10-11H2,1-3H3,(H,20,21). The largest absolute Gasteiger partial charge is 0.387 e. The molecule has 5 nitrogen and oxygen atoms in total. The Bertz CT molecular complexity index is 722. The van der Waals surface area contributed by atoms with Gasteiger partial charge in [-0.1, -0.05) is 19.9 Å². The number of ether oxygens (including phenoxy) is 1. The monoisotopic (exact) mass is 316 g/mol. The number of aliphatic hydroxyl groups is 1. The summed E-state index contributed by atoms with van der Waals surface area (Å²) in [6.07, 6.45) is 2.42. The average molecular weight is 316 g/mol. The summed E-state index contributed by atoms with van der Waals surface area (Å²) in [5.74, 6) is -0.175. The molecule has 2 aromatic rings. The van der Waals surface area contributed by atoms with Gasteiger partial charge < -0.3 is 20.1 Å². The molecule has 2 atom stereocenters. The fourth-order valence-corrected chi connectivity index (χ4v) is 3.28. The Morgan fingerprint density at radius 2 is 2.22 bits per heavy atom. The van der Waals surface area contributed by atoms with E-state index in [-0.39, 0.29) is 24.0 Å². The predicted octanol–water partition coefficient (Wildman–Crippen LogP) is 2.46. The summed E-state index contributed by atoms with van der Waals surface area (Å²) >= 11 is 0. The van der Waals surface area contributed by atoms with Gasteiger partial charge in [0.15, 0.2) is 0 Å². The molecule has 0 bridgehead atoms. The quantitative estimate of drug-likeness (QED) is 0.793. The number of nitrogens with one attached hydrogen (secondary N) is 2. The molecule has 1 aliphatic carbocycles. The first-order valence-electron chi connectivity index (χ1n) is 8.07. The average Bonchev–Trinajstić information content (AvgIpc) is 2.99. The lowest BCUT2D eigenvalue weighted by Gasteiger charge is -2.57. The van der Waals surface area contributed by atoms with Gasteiger partial charge in [0, 0.05) is 42.3 Å². The lowest BCUT2D eigenvalue weighted by Crippen LogP contribution is -2.68. The summed E-state index contributed by atoms with van der Waals surface area (Å²) in [4.78, 5) is 15.4. The molecular formula is C18H24N2O3. The van der Waals surface area contributed by atoms with Crippen molar-refractivity contribution in [2.45, 2.75) is 38.9 Å². The van der Waals surface area contributed by atoms with Crippen LogP contribution in [0.3, 0.4) is 0 Å². The molecule has 1 aliphatic rings. The van der Waals surface area contributed by atoms with E-state index in [9.17, 15) is 9.90 Å². The highest BCUT2D eigenvalue weighted by Crippen LogP contribution is 2.50.